The zero-order valence-electron chi connectivity index (χ0n) is 14.9. The largest absolute Gasteiger partial charge is 0.478 e. The topological polar surface area (TPSA) is 131 Å². The molecule has 0 unspecified atom stereocenters. The van der Waals surface area contributed by atoms with Gasteiger partial charge in [0.05, 0.1) is 17.6 Å². The van der Waals surface area contributed by atoms with Gasteiger partial charge in [0, 0.05) is 18.0 Å². The molecule has 0 aromatic carbocycles. The quantitative estimate of drug-likeness (QED) is 0.686. The van der Waals surface area contributed by atoms with Gasteiger partial charge < -0.3 is 19.5 Å². The van der Waals surface area contributed by atoms with E-state index in [2.05, 4.69) is 25.1 Å². The summed E-state index contributed by atoms with van der Waals surface area (Å²) in [4.78, 5) is 26.4. The Kier molecular flexibility index (Phi) is 4.88. The summed E-state index contributed by atoms with van der Waals surface area (Å²) in [7, 11) is 0. The van der Waals surface area contributed by atoms with E-state index in [1.165, 1.54) is 12.5 Å². The van der Waals surface area contributed by atoms with Gasteiger partial charge in [0.15, 0.2) is 0 Å². The summed E-state index contributed by atoms with van der Waals surface area (Å²) in [5, 5.41) is 18.9. The van der Waals surface area contributed by atoms with E-state index in [4.69, 9.17) is 9.63 Å². The Hall–Kier alpha value is -3.49. The molecule has 0 spiro atoms. The molecule has 0 atom stereocenters. The Bertz CT molecular complexity index is 973. The monoisotopic (exact) mass is 382 g/mol. The minimum atomic E-state index is -0.951. The molecular formula is C19H18N4O5. The van der Waals surface area contributed by atoms with Crippen LogP contribution < -0.4 is 5.32 Å². The highest BCUT2D eigenvalue weighted by Gasteiger charge is 2.32. The van der Waals surface area contributed by atoms with Crippen molar-refractivity contribution in [3.63, 3.8) is 0 Å². The van der Waals surface area contributed by atoms with Gasteiger partial charge in [-0.2, -0.15) is 0 Å². The van der Waals surface area contributed by atoms with Gasteiger partial charge in [-0.1, -0.05) is 10.3 Å². The first-order chi connectivity index (χ1) is 13.6. The van der Waals surface area contributed by atoms with Crippen molar-refractivity contribution in [2.45, 2.75) is 37.5 Å². The Morgan fingerprint density at radius 3 is 2.14 bits per heavy atom. The number of aromatic nitrogens is 3. The highest BCUT2D eigenvalue weighted by molar-refractivity contribution is 6.04. The predicted molar refractivity (Wildman–Crippen MR) is 96.1 cm³/mol. The van der Waals surface area contributed by atoms with Crippen molar-refractivity contribution in [1.29, 1.82) is 0 Å². The molecule has 9 nitrogen and oxygen atoms in total. The first-order valence-corrected chi connectivity index (χ1v) is 8.96. The third-order valence-electron chi connectivity index (χ3n) is 4.52. The highest BCUT2D eigenvalue weighted by Crippen LogP contribution is 2.41. The number of carbonyl (C=O) groups excluding carboxylic acids is 1. The van der Waals surface area contributed by atoms with Gasteiger partial charge >= 0.3 is 5.97 Å². The average molecular weight is 382 g/mol. The first kappa shape index (κ1) is 17.9. The SMILES string of the molecule is O=C(Nc1cccnc1)c1conc1C1CC1.O=C(O)c1conc1C1CC1. The van der Waals surface area contributed by atoms with Crippen LogP contribution in [-0.2, 0) is 0 Å². The maximum absolute atomic E-state index is 12.0. The lowest BCUT2D eigenvalue weighted by atomic mass is 10.1. The van der Waals surface area contributed by atoms with E-state index in [1.54, 1.807) is 24.5 Å². The van der Waals surface area contributed by atoms with Gasteiger partial charge in [-0.3, -0.25) is 9.78 Å². The minimum absolute atomic E-state index is 0.193. The summed E-state index contributed by atoms with van der Waals surface area (Å²) in [6.07, 6.45) is 10.1. The molecule has 2 fully saturated rings. The van der Waals surface area contributed by atoms with Crippen molar-refractivity contribution in [3.05, 3.63) is 59.6 Å². The Labute approximate surface area is 159 Å². The van der Waals surface area contributed by atoms with Crippen LogP contribution in [0.4, 0.5) is 5.69 Å². The van der Waals surface area contributed by atoms with Crippen molar-refractivity contribution in [2.75, 3.05) is 5.32 Å². The number of anilines is 1. The average Bonchev–Trinajstić information content (AvgIpc) is 3.63. The number of hydrogen-bond donors (Lipinski definition) is 2. The second kappa shape index (κ2) is 7.63. The molecule has 2 aliphatic rings. The van der Waals surface area contributed by atoms with Crippen LogP contribution in [0.2, 0.25) is 0 Å². The van der Waals surface area contributed by atoms with E-state index in [0.717, 1.165) is 31.4 Å². The predicted octanol–water partition coefficient (Wildman–Crippen LogP) is 3.45. The molecule has 1 amide bonds. The fourth-order valence-corrected chi connectivity index (χ4v) is 2.76. The van der Waals surface area contributed by atoms with Gasteiger partial charge in [-0.15, -0.1) is 0 Å². The molecule has 28 heavy (non-hydrogen) atoms. The van der Waals surface area contributed by atoms with Crippen molar-refractivity contribution in [3.8, 4) is 0 Å². The second-order valence-electron chi connectivity index (χ2n) is 6.78. The van der Waals surface area contributed by atoms with Gasteiger partial charge in [0.1, 0.15) is 29.3 Å². The summed E-state index contributed by atoms with van der Waals surface area (Å²) < 4.78 is 9.46. The Balaban J connectivity index is 0.000000151. The van der Waals surface area contributed by atoms with E-state index in [9.17, 15) is 9.59 Å². The van der Waals surface area contributed by atoms with Crippen LogP contribution in [0.1, 0.15) is 69.6 Å². The second-order valence-corrected chi connectivity index (χ2v) is 6.78. The van der Waals surface area contributed by atoms with Crippen molar-refractivity contribution >= 4 is 17.6 Å². The van der Waals surface area contributed by atoms with Crippen LogP contribution in [0, 0.1) is 0 Å². The third kappa shape index (κ3) is 4.08. The Morgan fingerprint density at radius 1 is 1.00 bits per heavy atom. The van der Waals surface area contributed by atoms with Crippen LogP contribution in [-0.4, -0.2) is 32.3 Å². The van der Waals surface area contributed by atoms with Crippen molar-refractivity contribution in [2.24, 2.45) is 0 Å². The maximum Gasteiger partial charge on any atom is 0.340 e. The van der Waals surface area contributed by atoms with Crippen LogP contribution in [0.5, 0.6) is 0 Å². The molecule has 0 aliphatic heterocycles. The van der Waals surface area contributed by atoms with E-state index >= 15 is 0 Å². The van der Waals surface area contributed by atoms with Crippen LogP contribution in [0.3, 0.4) is 0 Å². The molecule has 0 bridgehead atoms. The molecule has 9 heteroatoms. The zero-order valence-corrected chi connectivity index (χ0v) is 14.9. The summed E-state index contributed by atoms with van der Waals surface area (Å²) >= 11 is 0. The number of rotatable bonds is 5. The van der Waals surface area contributed by atoms with Gasteiger partial charge in [-0.05, 0) is 37.8 Å². The zero-order chi connectivity index (χ0) is 19.5. The molecule has 0 radical (unpaired) electrons. The van der Waals surface area contributed by atoms with E-state index in [0.29, 0.717) is 28.8 Å². The fraction of sp³-hybridized carbons (Fsp3) is 0.316. The van der Waals surface area contributed by atoms with Gasteiger partial charge in [0.25, 0.3) is 5.91 Å². The number of amides is 1. The first-order valence-electron chi connectivity index (χ1n) is 8.96. The summed E-state index contributed by atoms with van der Waals surface area (Å²) in [5.74, 6) is -0.419. The van der Waals surface area contributed by atoms with Crippen molar-refractivity contribution < 1.29 is 23.7 Å². The molecule has 2 saturated carbocycles. The molecule has 3 aromatic rings. The third-order valence-corrected chi connectivity index (χ3v) is 4.52. The maximum atomic E-state index is 12.0. The summed E-state index contributed by atoms with van der Waals surface area (Å²) in [6.45, 7) is 0. The van der Waals surface area contributed by atoms with Crippen LogP contribution in [0.25, 0.3) is 0 Å². The highest BCUT2D eigenvalue weighted by atomic mass is 16.5. The molecule has 3 heterocycles. The number of carbonyl (C=O) groups is 2. The van der Waals surface area contributed by atoms with Gasteiger partial charge in [0.2, 0.25) is 0 Å². The molecular weight excluding hydrogens is 364 g/mol. The number of carboxylic acid groups (broad SMARTS) is 1. The lowest BCUT2D eigenvalue weighted by Gasteiger charge is -2.02. The lowest BCUT2D eigenvalue weighted by molar-refractivity contribution is 0.0694. The Morgan fingerprint density at radius 2 is 1.61 bits per heavy atom. The van der Waals surface area contributed by atoms with E-state index in [1.807, 2.05) is 0 Å². The smallest absolute Gasteiger partial charge is 0.340 e. The number of pyridine rings is 1. The summed E-state index contributed by atoms with van der Waals surface area (Å²) in [5.41, 5.74) is 2.79. The lowest BCUT2D eigenvalue weighted by Crippen LogP contribution is -2.13. The number of hydrogen-bond acceptors (Lipinski definition) is 7. The minimum Gasteiger partial charge on any atom is -0.478 e. The fourth-order valence-electron chi connectivity index (χ4n) is 2.76. The molecule has 3 aromatic heterocycles. The van der Waals surface area contributed by atoms with Crippen LogP contribution in [0.15, 0.2) is 46.1 Å². The van der Waals surface area contributed by atoms with Gasteiger partial charge in [-0.25, -0.2) is 4.79 Å². The number of carboxylic acids is 1. The normalized spacial score (nSPS) is 15.4. The van der Waals surface area contributed by atoms with E-state index < -0.39 is 5.97 Å². The number of aromatic carboxylic acids is 1. The standard InChI is InChI=1S/C12H11N3O2.C7H7NO3/c16-12(14-9-2-1-5-13-6-9)10-7-17-15-11(10)8-3-4-8;9-7(10)5-3-11-8-6(5)4-1-2-4/h1-2,5-8H,3-4H2,(H,14,16);3-4H,1-2H2,(H,9,10). The molecule has 2 N–H and O–H groups in total. The van der Waals surface area contributed by atoms with Crippen LogP contribution >= 0.6 is 0 Å². The van der Waals surface area contributed by atoms with E-state index in [-0.39, 0.29) is 11.5 Å². The van der Waals surface area contributed by atoms with Crippen molar-refractivity contribution in [1.82, 2.24) is 15.3 Å². The molecule has 2 aliphatic carbocycles. The number of nitrogens with zero attached hydrogens (tertiary/aromatic N) is 3. The number of nitrogens with one attached hydrogen (secondary N) is 1. The molecule has 0 saturated heterocycles. The summed E-state index contributed by atoms with van der Waals surface area (Å²) in [6, 6.07) is 3.56. The molecule has 144 valence electrons. The molecule has 5 rings (SSSR count).